The Labute approximate surface area is 99.8 Å². The van der Waals surface area contributed by atoms with Gasteiger partial charge in [0.05, 0.1) is 0 Å². The van der Waals surface area contributed by atoms with E-state index in [9.17, 15) is 57.1 Å². The largest absolute Gasteiger partial charge is 0.493 e. The zero-order chi connectivity index (χ0) is 16.7. The second-order valence-electron chi connectivity index (χ2n) is 2.93. The van der Waals surface area contributed by atoms with Gasteiger partial charge in [0.1, 0.15) is 0 Å². The summed E-state index contributed by atoms with van der Waals surface area (Å²) in [5.41, 5.74) is -4.56. The molecule has 0 aromatic heterocycles. The summed E-state index contributed by atoms with van der Waals surface area (Å²) in [4.78, 5) is -3.52. The minimum atomic E-state index is -6.88. The van der Waals surface area contributed by atoms with Crippen molar-refractivity contribution in [2.45, 2.75) is 25.0 Å². The van der Waals surface area contributed by atoms with E-state index in [2.05, 4.69) is 0 Å². The van der Waals surface area contributed by atoms with Crippen molar-refractivity contribution in [3.05, 3.63) is 11.5 Å². The lowest BCUT2D eigenvalue weighted by Crippen LogP contribution is -2.48. The summed E-state index contributed by atoms with van der Waals surface area (Å²) >= 11 is 0. The second-order valence-corrected chi connectivity index (χ2v) is 2.93. The van der Waals surface area contributed by atoms with Crippen LogP contribution in [0, 0.1) is 0 Å². The fourth-order valence-electron chi connectivity index (χ4n) is 0.873. The summed E-state index contributed by atoms with van der Waals surface area (Å²) in [6.07, 6.45) is -27.4. The molecule has 0 atom stereocenters. The summed E-state index contributed by atoms with van der Waals surface area (Å²) < 4.78 is 154. The van der Waals surface area contributed by atoms with Gasteiger partial charge in [-0.3, -0.25) is 0 Å². The van der Waals surface area contributed by atoms with Gasteiger partial charge in [0, 0.05) is 0 Å². The first kappa shape index (κ1) is 18.6. The summed E-state index contributed by atoms with van der Waals surface area (Å²) in [6, 6.07) is 0. The molecule has 20 heavy (non-hydrogen) atoms. The average molecular weight is 333 g/mol. The van der Waals surface area contributed by atoms with E-state index in [1.807, 2.05) is 0 Å². The van der Waals surface area contributed by atoms with Gasteiger partial charge in [-0.15, -0.1) is 26.3 Å². The lowest BCUT2D eigenvalue weighted by Gasteiger charge is -2.28. The lowest BCUT2D eigenvalue weighted by atomic mass is 10.2. The van der Waals surface area contributed by atoms with Crippen LogP contribution in [0.25, 0.3) is 0 Å². The third-order valence-corrected chi connectivity index (χ3v) is 1.48. The molecule has 0 heterocycles. The van der Waals surface area contributed by atoms with Gasteiger partial charge in [0.25, 0.3) is 0 Å². The van der Waals surface area contributed by atoms with Crippen LogP contribution in [0.3, 0.4) is 0 Å². The SMILES string of the molecule is FC(=C(C(F)(F)F)C(F)(F)F)N(C(F)(F)F)C(F)(F)F. The first-order chi connectivity index (χ1) is 8.40. The van der Waals surface area contributed by atoms with Crippen molar-refractivity contribution in [1.29, 1.82) is 0 Å². The zero-order valence-electron chi connectivity index (χ0n) is 8.36. The Balaban J connectivity index is 6.33. The Morgan fingerprint density at radius 1 is 0.550 bits per heavy atom. The number of alkyl halides is 12. The molecule has 0 bridgehead atoms. The highest BCUT2D eigenvalue weighted by Crippen LogP contribution is 2.46. The van der Waals surface area contributed by atoms with Crippen molar-refractivity contribution >= 4 is 0 Å². The molecule has 14 heteroatoms. The minimum Gasteiger partial charge on any atom is -0.186 e. The van der Waals surface area contributed by atoms with Crippen LogP contribution in [-0.2, 0) is 0 Å². The van der Waals surface area contributed by atoms with Crippen molar-refractivity contribution in [3.8, 4) is 0 Å². The summed E-state index contributed by atoms with van der Waals surface area (Å²) in [5.74, 6) is -4.56. The van der Waals surface area contributed by atoms with Crippen LogP contribution in [-0.4, -0.2) is 29.9 Å². The molecule has 0 aliphatic heterocycles. The molecule has 120 valence electrons. The predicted octanol–water partition coefficient (Wildman–Crippen LogP) is 4.63. The highest BCUT2D eigenvalue weighted by molar-refractivity contribution is 5.19. The smallest absolute Gasteiger partial charge is 0.186 e. The number of halogens is 13. The number of hydrogen-bond acceptors (Lipinski definition) is 1. The van der Waals surface area contributed by atoms with Crippen LogP contribution < -0.4 is 0 Å². The van der Waals surface area contributed by atoms with Crippen molar-refractivity contribution < 1.29 is 57.1 Å². The van der Waals surface area contributed by atoms with E-state index >= 15 is 0 Å². The number of rotatable bonds is 1. The molecule has 0 fully saturated rings. The maximum absolute atomic E-state index is 12.6. The fraction of sp³-hybridized carbons (Fsp3) is 0.667. The monoisotopic (exact) mass is 333 g/mol. The maximum atomic E-state index is 12.6. The first-order valence-corrected chi connectivity index (χ1v) is 3.88. The van der Waals surface area contributed by atoms with Gasteiger partial charge in [0.15, 0.2) is 5.57 Å². The van der Waals surface area contributed by atoms with E-state index in [1.165, 1.54) is 0 Å². The summed E-state index contributed by atoms with van der Waals surface area (Å²) in [5, 5.41) is 0. The molecule has 0 spiro atoms. The molecule has 0 saturated heterocycles. The zero-order valence-corrected chi connectivity index (χ0v) is 8.36. The van der Waals surface area contributed by atoms with Crippen LogP contribution in [0.15, 0.2) is 11.5 Å². The van der Waals surface area contributed by atoms with Crippen molar-refractivity contribution in [2.24, 2.45) is 0 Å². The minimum absolute atomic E-state index is 3.52. The molecule has 0 saturated carbocycles. The highest BCUT2D eigenvalue weighted by atomic mass is 19.4. The van der Waals surface area contributed by atoms with E-state index in [4.69, 9.17) is 0 Å². The van der Waals surface area contributed by atoms with Gasteiger partial charge in [-0.25, -0.2) is 0 Å². The second kappa shape index (κ2) is 4.87. The van der Waals surface area contributed by atoms with Gasteiger partial charge in [0.2, 0.25) is 5.95 Å². The standard InChI is InChI=1S/C6F13N/c7-2(1(3(8,9)10)4(11,12)13)20(5(14,15)16)6(17,18)19. The normalized spacial score (nSPS) is 14.2. The number of hydrogen-bond donors (Lipinski definition) is 0. The molecule has 0 radical (unpaired) electrons. The van der Waals surface area contributed by atoms with Gasteiger partial charge < -0.3 is 0 Å². The van der Waals surface area contributed by atoms with Crippen LogP contribution in [0.4, 0.5) is 57.1 Å². The Kier molecular flexibility index (Phi) is 4.54. The fourth-order valence-corrected chi connectivity index (χ4v) is 0.873. The molecule has 0 unspecified atom stereocenters. The van der Waals surface area contributed by atoms with Crippen molar-refractivity contribution in [1.82, 2.24) is 4.90 Å². The molecule has 1 nitrogen and oxygen atoms in total. The van der Waals surface area contributed by atoms with Crippen LogP contribution in [0.2, 0.25) is 0 Å². The molecule has 0 amide bonds. The molecule has 0 aliphatic rings. The van der Waals surface area contributed by atoms with E-state index in [1.54, 1.807) is 0 Å². The average Bonchev–Trinajstić information content (AvgIpc) is 1.88. The van der Waals surface area contributed by atoms with Crippen LogP contribution in [0.5, 0.6) is 0 Å². The van der Waals surface area contributed by atoms with Gasteiger partial charge >= 0.3 is 25.0 Å². The predicted molar refractivity (Wildman–Crippen MR) is 34.2 cm³/mol. The van der Waals surface area contributed by atoms with Crippen LogP contribution in [0.1, 0.15) is 0 Å². The summed E-state index contributed by atoms with van der Waals surface area (Å²) in [7, 11) is 0. The molecule has 0 aromatic rings. The first-order valence-electron chi connectivity index (χ1n) is 3.88. The third-order valence-electron chi connectivity index (χ3n) is 1.48. The molecule has 0 aliphatic carbocycles. The van der Waals surface area contributed by atoms with Crippen molar-refractivity contribution in [3.63, 3.8) is 0 Å². The molecule has 0 aromatic carbocycles. The Morgan fingerprint density at radius 2 is 0.800 bits per heavy atom. The van der Waals surface area contributed by atoms with Crippen LogP contribution >= 0.6 is 0 Å². The Hall–Kier alpha value is -1.37. The van der Waals surface area contributed by atoms with E-state index in [-0.39, 0.29) is 0 Å². The Morgan fingerprint density at radius 3 is 0.950 bits per heavy atom. The van der Waals surface area contributed by atoms with Gasteiger partial charge in [-0.05, 0) is 0 Å². The van der Waals surface area contributed by atoms with Gasteiger partial charge in [-0.1, -0.05) is 0 Å². The van der Waals surface area contributed by atoms with E-state index < -0.39 is 41.4 Å². The maximum Gasteiger partial charge on any atom is 0.493 e. The molecular weight excluding hydrogens is 333 g/mol. The highest BCUT2D eigenvalue weighted by Gasteiger charge is 2.62. The molecule has 0 rings (SSSR count). The molecule has 0 N–H and O–H groups in total. The number of nitrogens with zero attached hydrogens (tertiary/aromatic N) is 1. The quantitative estimate of drug-likeness (QED) is 0.499. The van der Waals surface area contributed by atoms with E-state index in [0.717, 1.165) is 0 Å². The molecular formula is C6F13N. The number of allylic oxidation sites excluding steroid dienone is 1. The topological polar surface area (TPSA) is 3.24 Å². The van der Waals surface area contributed by atoms with Gasteiger partial charge in [-0.2, -0.15) is 35.6 Å². The Bertz CT molecular complexity index is 346. The van der Waals surface area contributed by atoms with E-state index in [0.29, 0.717) is 0 Å². The van der Waals surface area contributed by atoms with Crippen molar-refractivity contribution in [2.75, 3.05) is 0 Å². The summed E-state index contributed by atoms with van der Waals surface area (Å²) in [6.45, 7) is 0. The third kappa shape index (κ3) is 4.33. The lowest BCUT2D eigenvalue weighted by molar-refractivity contribution is -0.366.